The van der Waals surface area contributed by atoms with Gasteiger partial charge in [-0.1, -0.05) is 64.0 Å². The molecule has 0 spiro atoms. The molecule has 4 nitrogen and oxygen atoms in total. The zero-order valence-corrected chi connectivity index (χ0v) is 17.8. The summed E-state index contributed by atoms with van der Waals surface area (Å²) in [6.07, 6.45) is 10.3. The number of hydrogen-bond acceptors (Lipinski definition) is 4. The predicted octanol–water partition coefficient (Wildman–Crippen LogP) is 5.92. The summed E-state index contributed by atoms with van der Waals surface area (Å²) in [6, 6.07) is 5.82. The van der Waals surface area contributed by atoms with Crippen molar-refractivity contribution in [2.75, 3.05) is 6.61 Å². The molecule has 1 aromatic rings. The average molecular weight is 389 g/mol. The molecular weight excluding hydrogens is 352 g/mol. The highest BCUT2D eigenvalue weighted by Gasteiger charge is 2.38. The van der Waals surface area contributed by atoms with Crippen LogP contribution in [0, 0.1) is 25.7 Å². The van der Waals surface area contributed by atoms with Gasteiger partial charge in [0.15, 0.2) is 0 Å². The maximum absolute atomic E-state index is 12.8. The van der Waals surface area contributed by atoms with Crippen LogP contribution < -0.4 is 4.74 Å². The Morgan fingerprint density at radius 3 is 2.29 bits per heavy atom. The van der Waals surface area contributed by atoms with Crippen LogP contribution in [-0.4, -0.2) is 18.5 Å². The van der Waals surface area contributed by atoms with E-state index in [1.165, 1.54) is 25.7 Å². The number of unbranched alkanes of at least 4 members (excludes halogenated alkanes) is 5. The molecule has 0 bridgehead atoms. The smallest absolute Gasteiger partial charge is 0.315 e. The largest absolute Gasteiger partial charge is 0.465 e. The fourth-order valence-electron chi connectivity index (χ4n) is 3.86. The van der Waals surface area contributed by atoms with Crippen LogP contribution in [-0.2, 0) is 14.3 Å². The standard InChI is InChI=1S/C24H36O4/c1-4-5-6-7-8-11-16-27-23(25)20-12-9-10-13-21(20)24(26)28-22-17-18(2)14-15-19(22)3/h14-15,17,20-21H,4-13,16H2,1-3H3. The number of aryl methyl sites for hydroxylation is 2. The highest BCUT2D eigenvalue weighted by Crippen LogP contribution is 2.33. The Kier molecular flexibility index (Phi) is 9.52. The summed E-state index contributed by atoms with van der Waals surface area (Å²) in [5, 5.41) is 0. The first-order valence-electron chi connectivity index (χ1n) is 11.0. The first kappa shape index (κ1) is 22.4. The first-order valence-corrected chi connectivity index (χ1v) is 11.0. The highest BCUT2D eigenvalue weighted by molar-refractivity contribution is 5.83. The number of carbonyl (C=O) groups excluding carboxylic acids is 2. The molecule has 0 radical (unpaired) electrons. The van der Waals surface area contributed by atoms with Crippen molar-refractivity contribution in [2.45, 2.75) is 85.0 Å². The van der Waals surface area contributed by atoms with E-state index in [-0.39, 0.29) is 17.9 Å². The summed E-state index contributed by atoms with van der Waals surface area (Å²) in [4.78, 5) is 25.4. The minimum absolute atomic E-state index is 0.226. The van der Waals surface area contributed by atoms with Crippen LogP contribution in [0.4, 0.5) is 0 Å². The highest BCUT2D eigenvalue weighted by atomic mass is 16.5. The first-order chi connectivity index (χ1) is 13.5. The molecule has 0 amide bonds. The Balaban J connectivity index is 1.85. The zero-order chi connectivity index (χ0) is 20.4. The van der Waals surface area contributed by atoms with Gasteiger partial charge in [-0.3, -0.25) is 9.59 Å². The van der Waals surface area contributed by atoms with Gasteiger partial charge in [0.25, 0.3) is 0 Å². The van der Waals surface area contributed by atoms with E-state index in [9.17, 15) is 9.59 Å². The average Bonchev–Trinajstić information content (AvgIpc) is 2.70. The summed E-state index contributed by atoms with van der Waals surface area (Å²) in [5.74, 6) is -0.696. The lowest BCUT2D eigenvalue weighted by atomic mass is 9.79. The quantitative estimate of drug-likeness (QED) is 0.284. The van der Waals surface area contributed by atoms with E-state index in [2.05, 4.69) is 6.92 Å². The van der Waals surface area contributed by atoms with Gasteiger partial charge in [-0.05, 0) is 50.3 Å². The van der Waals surface area contributed by atoms with Crippen molar-refractivity contribution < 1.29 is 19.1 Å². The minimum atomic E-state index is -0.397. The van der Waals surface area contributed by atoms with Crippen LogP contribution in [0.3, 0.4) is 0 Å². The number of ether oxygens (including phenoxy) is 2. The third-order valence-electron chi connectivity index (χ3n) is 5.67. The van der Waals surface area contributed by atoms with Gasteiger partial charge in [0.05, 0.1) is 18.4 Å². The fourth-order valence-corrected chi connectivity index (χ4v) is 3.86. The van der Waals surface area contributed by atoms with Gasteiger partial charge in [0.1, 0.15) is 5.75 Å². The van der Waals surface area contributed by atoms with Crippen LogP contribution in [0.2, 0.25) is 0 Å². The fraction of sp³-hybridized carbons (Fsp3) is 0.667. The molecule has 2 atom stereocenters. The second kappa shape index (κ2) is 11.9. The van der Waals surface area contributed by atoms with Crippen molar-refractivity contribution in [3.8, 4) is 5.75 Å². The lowest BCUT2D eigenvalue weighted by Gasteiger charge is -2.28. The second-order valence-electron chi connectivity index (χ2n) is 8.12. The molecular formula is C24H36O4. The van der Waals surface area contributed by atoms with Crippen LogP contribution in [0.25, 0.3) is 0 Å². The Labute approximate surface area is 170 Å². The number of esters is 2. The summed E-state index contributed by atoms with van der Waals surface area (Å²) in [7, 11) is 0. The SMILES string of the molecule is CCCCCCCCOC(=O)C1CCCCC1C(=O)Oc1cc(C)ccc1C. The molecule has 156 valence electrons. The van der Waals surface area contributed by atoms with Crippen molar-refractivity contribution in [3.63, 3.8) is 0 Å². The van der Waals surface area contributed by atoms with Gasteiger partial charge in [-0.25, -0.2) is 0 Å². The maximum atomic E-state index is 12.8. The Hall–Kier alpha value is -1.84. The molecule has 1 aliphatic carbocycles. The molecule has 28 heavy (non-hydrogen) atoms. The summed E-state index contributed by atoms with van der Waals surface area (Å²) in [6.45, 7) is 6.56. The molecule has 0 aliphatic heterocycles. The Morgan fingerprint density at radius 2 is 1.57 bits per heavy atom. The summed E-state index contributed by atoms with van der Waals surface area (Å²) < 4.78 is 11.2. The van der Waals surface area contributed by atoms with Gasteiger partial charge < -0.3 is 9.47 Å². The third kappa shape index (κ3) is 6.96. The molecule has 1 fully saturated rings. The zero-order valence-electron chi connectivity index (χ0n) is 17.8. The molecule has 4 heteroatoms. The normalized spacial score (nSPS) is 19.2. The third-order valence-corrected chi connectivity index (χ3v) is 5.67. The molecule has 2 unspecified atom stereocenters. The van der Waals surface area contributed by atoms with Crippen LogP contribution >= 0.6 is 0 Å². The van der Waals surface area contributed by atoms with E-state index in [4.69, 9.17) is 9.47 Å². The number of rotatable bonds is 10. The monoisotopic (exact) mass is 388 g/mol. The van der Waals surface area contributed by atoms with E-state index in [1.807, 2.05) is 32.0 Å². The molecule has 0 heterocycles. The van der Waals surface area contributed by atoms with Gasteiger partial charge in [-0.15, -0.1) is 0 Å². The number of carbonyl (C=O) groups is 2. The second-order valence-corrected chi connectivity index (χ2v) is 8.12. The van der Waals surface area contributed by atoms with Gasteiger partial charge in [0.2, 0.25) is 0 Å². The Bertz CT molecular complexity index is 637. The predicted molar refractivity (Wildman–Crippen MR) is 111 cm³/mol. The molecule has 0 saturated heterocycles. The van der Waals surface area contributed by atoms with Gasteiger partial charge >= 0.3 is 11.9 Å². The van der Waals surface area contributed by atoms with E-state index in [0.717, 1.165) is 36.8 Å². The minimum Gasteiger partial charge on any atom is -0.465 e. The molecule has 1 saturated carbocycles. The Morgan fingerprint density at radius 1 is 0.929 bits per heavy atom. The molecule has 1 aliphatic rings. The van der Waals surface area contributed by atoms with Crippen molar-refractivity contribution in [1.29, 1.82) is 0 Å². The summed E-state index contributed by atoms with van der Waals surface area (Å²) >= 11 is 0. The molecule has 0 N–H and O–H groups in total. The van der Waals surface area contributed by atoms with Crippen molar-refractivity contribution in [2.24, 2.45) is 11.8 Å². The molecule has 0 aromatic heterocycles. The molecule has 2 rings (SSSR count). The topological polar surface area (TPSA) is 52.6 Å². The van der Waals surface area contributed by atoms with Crippen molar-refractivity contribution >= 4 is 11.9 Å². The van der Waals surface area contributed by atoms with Crippen molar-refractivity contribution in [3.05, 3.63) is 29.3 Å². The number of hydrogen-bond donors (Lipinski definition) is 0. The van der Waals surface area contributed by atoms with Crippen LogP contribution in [0.15, 0.2) is 18.2 Å². The van der Waals surface area contributed by atoms with E-state index in [0.29, 0.717) is 25.2 Å². The van der Waals surface area contributed by atoms with Gasteiger partial charge in [0, 0.05) is 0 Å². The maximum Gasteiger partial charge on any atom is 0.315 e. The van der Waals surface area contributed by atoms with E-state index < -0.39 is 5.92 Å². The van der Waals surface area contributed by atoms with Crippen LogP contribution in [0.5, 0.6) is 5.75 Å². The lowest BCUT2D eigenvalue weighted by molar-refractivity contribution is -0.158. The van der Waals surface area contributed by atoms with Crippen LogP contribution in [0.1, 0.15) is 82.3 Å². The van der Waals surface area contributed by atoms with Gasteiger partial charge in [-0.2, -0.15) is 0 Å². The van der Waals surface area contributed by atoms with E-state index in [1.54, 1.807) is 0 Å². The molecule has 1 aromatic carbocycles. The summed E-state index contributed by atoms with van der Waals surface area (Å²) in [5.41, 5.74) is 1.98. The lowest BCUT2D eigenvalue weighted by Crippen LogP contribution is -2.36. The number of benzene rings is 1. The van der Waals surface area contributed by atoms with E-state index >= 15 is 0 Å². The van der Waals surface area contributed by atoms with Crippen molar-refractivity contribution in [1.82, 2.24) is 0 Å².